The maximum atomic E-state index is 12.7. The first kappa shape index (κ1) is 16.6. The molecule has 0 unspecified atom stereocenters. The van der Waals surface area contributed by atoms with Gasteiger partial charge in [-0.15, -0.1) is 0 Å². The second kappa shape index (κ2) is 6.56. The molecule has 0 aliphatic heterocycles. The van der Waals surface area contributed by atoms with Crippen LogP contribution in [0.4, 0.5) is 5.69 Å². The van der Waals surface area contributed by atoms with E-state index in [1.165, 1.54) is 42.5 Å². The van der Waals surface area contributed by atoms with Crippen molar-refractivity contribution in [3.8, 4) is 0 Å². The van der Waals surface area contributed by atoms with Gasteiger partial charge in [0, 0.05) is 5.02 Å². The first-order chi connectivity index (χ1) is 10.3. The van der Waals surface area contributed by atoms with Gasteiger partial charge in [0.25, 0.3) is 10.0 Å². The number of carbonyl (C=O) groups is 1. The number of aliphatic carboxylic acids is 1. The van der Waals surface area contributed by atoms with Gasteiger partial charge in [-0.2, -0.15) is 0 Å². The Hall–Kier alpha value is -1.76. The predicted molar refractivity (Wildman–Crippen MR) is 85.1 cm³/mol. The van der Waals surface area contributed by atoms with Gasteiger partial charge in [0.2, 0.25) is 0 Å². The SMILES string of the molecule is O=C(O)CN(c1ccc(Cl)cc1)S(=O)(=O)c1ccccc1Cl. The molecule has 0 spiro atoms. The molecular weight excluding hydrogens is 349 g/mol. The molecule has 22 heavy (non-hydrogen) atoms. The van der Waals surface area contributed by atoms with Gasteiger partial charge in [-0.25, -0.2) is 8.42 Å². The molecule has 5 nitrogen and oxygen atoms in total. The highest BCUT2D eigenvalue weighted by Crippen LogP contribution is 2.28. The lowest BCUT2D eigenvalue weighted by atomic mass is 10.3. The Labute approximate surface area is 137 Å². The predicted octanol–water partition coefficient (Wildman–Crippen LogP) is 3.27. The lowest BCUT2D eigenvalue weighted by molar-refractivity contribution is -0.135. The molecule has 2 aromatic rings. The number of halogens is 2. The van der Waals surface area contributed by atoms with Crippen molar-refractivity contribution in [2.24, 2.45) is 0 Å². The fraction of sp³-hybridized carbons (Fsp3) is 0.0714. The lowest BCUT2D eigenvalue weighted by Crippen LogP contribution is -2.35. The highest BCUT2D eigenvalue weighted by molar-refractivity contribution is 7.93. The highest BCUT2D eigenvalue weighted by Gasteiger charge is 2.28. The maximum absolute atomic E-state index is 12.7. The first-order valence-corrected chi connectivity index (χ1v) is 8.26. The minimum atomic E-state index is -4.12. The van der Waals surface area contributed by atoms with E-state index in [0.29, 0.717) is 5.02 Å². The number of rotatable bonds is 5. The van der Waals surface area contributed by atoms with E-state index in [1.54, 1.807) is 6.07 Å². The molecule has 2 rings (SSSR count). The molecule has 0 radical (unpaired) electrons. The zero-order chi connectivity index (χ0) is 16.3. The second-order valence-corrected chi connectivity index (χ2v) is 6.99. The standard InChI is InChI=1S/C14H11Cl2NO4S/c15-10-5-7-11(8-6-10)17(9-14(18)19)22(20,21)13-4-2-1-3-12(13)16/h1-8H,9H2,(H,18,19). The first-order valence-electron chi connectivity index (χ1n) is 6.07. The van der Waals surface area contributed by atoms with E-state index in [9.17, 15) is 13.2 Å². The van der Waals surface area contributed by atoms with Crippen LogP contribution >= 0.6 is 23.2 Å². The van der Waals surface area contributed by atoms with Crippen LogP contribution in [0.2, 0.25) is 10.0 Å². The summed E-state index contributed by atoms with van der Waals surface area (Å²) in [5.41, 5.74) is 0.187. The largest absolute Gasteiger partial charge is 0.480 e. The third-order valence-corrected chi connectivity index (χ3v) is 5.32. The summed E-state index contributed by atoms with van der Waals surface area (Å²) in [6.07, 6.45) is 0. The average Bonchev–Trinajstić information content (AvgIpc) is 2.46. The summed E-state index contributed by atoms with van der Waals surface area (Å²) in [4.78, 5) is 10.9. The minimum Gasteiger partial charge on any atom is -0.480 e. The summed E-state index contributed by atoms with van der Waals surface area (Å²) in [7, 11) is -4.12. The quantitative estimate of drug-likeness (QED) is 0.888. The number of hydrogen-bond acceptors (Lipinski definition) is 3. The number of hydrogen-bond donors (Lipinski definition) is 1. The molecule has 0 fully saturated rings. The summed E-state index contributed by atoms with van der Waals surface area (Å²) >= 11 is 11.7. The Bertz CT molecular complexity index is 791. The molecule has 0 bridgehead atoms. The molecule has 0 aliphatic carbocycles. The van der Waals surface area contributed by atoms with E-state index < -0.39 is 22.5 Å². The van der Waals surface area contributed by atoms with Crippen molar-refractivity contribution >= 4 is 44.9 Å². The molecule has 0 saturated carbocycles. The van der Waals surface area contributed by atoms with Crippen molar-refractivity contribution < 1.29 is 18.3 Å². The summed E-state index contributed by atoms with van der Waals surface area (Å²) < 4.78 is 26.2. The van der Waals surface area contributed by atoms with Gasteiger partial charge in [-0.05, 0) is 36.4 Å². The summed E-state index contributed by atoms with van der Waals surface area (Å²) in [6, 6.07) is 11.7. The van der Waals surface area contributed by atoms with E-state index in [1.807, 2.05) is 0 Å². The number of carboxylic acids is 1. The van der Waals surface area contributed by atoms with Crippen LogP contribution in [-0.2, 0) is 14.8 Å². The highest BCUT2D eigenvalue weighted by atomic mass is 35.5. The van der Waals surface area contributed by atoms with Crippen LogP contribution in [-0.4, -0.2) is 26.0 Å². The zero-order valence-electron chi connectivity index (χ0n) is 11.1. The zero-order valence-corrected chi connectivity index (χ0v) is 13.4. The van der Waals surface area contributed by atoms with Crippen molar-refractivity contribution in [2.75, 3.05) is 10.8 Å². The third kappa shape index (κ3) is 3.52. The van der Waals surface area contributed by atoms with E-state index in [-0.39, 0.29) is 15.6 Å². The van der Waals surface area contributed by atoms with Crippen LogP contribution in [0.3, 0.4) is 0 Å². The number of benzene rings is 2. The molecule has 0 aromatic heterocycles. The minimum absolute atomic E-state index is 0.0202. The van der Waals surface area contributed by atoms with Crippen molar-refractivity contribution in [3.63, 3.8) is 0 Å². The van der Waals surface area contributed by atoms with Gasteiger partial charge in [0.1, 0.15) is 11.4 Å². The van der Waals surface area contributed by atoms with E-state index in [0.717, 1.165) is 4.31 Å². The number of nitrogens with zero attached hydrogens (tertiary/aromatic N) is 1. The van der Waals surface area contributed by atoms with Crippen LogP contribution in [0.25, 0.3) is 0 Å². The van der Waals surface area contributed by atoms with Crippen LogP contribution in [0.15, 0.2) is 53.4 Å². The van der Waals surface area contributed by atoms with Crippen LogP contribution < -0.4 is 4.31 Å². The maximum Gasteiger partial charge on any atom is 0.324 e. The Kier molecular flexibility index (Phi) is 4.95. The summed E-state index contributed by atoms with van der Waals surface area (Å²) in [5, 5.41) is 9.45. The van der Waals surface area contributed by atoms with E-state index >= 15 is 0 Å². The van der Waals surface area contributed by atoms with Crippen LogP contribution in [0, 0.1) is 0 Å². The monoisotopic (exact) mass is 359 g/mol. The molecule has 1 N–H and O–H groups in total. The van der Waals surface area contributed by atoms with Crippen molar-refractivity contribution in [1.29, 1.82) is 0 Å². The Morgan fingerprint density at radius 3 is 2.18 bits per heavy atom. The molecule has 0 heterocycles. The molecular formula is C14H11Cl2NO4S. The van der Waals surface area contributed by atoms with Gasteiger partial charge < -0.3 is 5.11 Å². The Morgan fingerprint density at radius 1 is 1.05 bits per heavy atom. The fourth-order valence-corrected chi connectivity index (χ4v) is 3.85. The van der Waals surface area contributed by atoms with Gasteiger partial charge in [-0.3, -0.25) is 9.10 Å². The van der Waals surface area contributed by atoms with E-state index in [2.05, 4.69) is 0 Å². The van der Waals surface area contributed by atoms with E-state index in [4.69, 9.17) is 28.3 Å². The van der Waals surface area contributed by atoms with Crippen molar-refractivity contribution in [3.05, 3.63) is 58.6 Å². The molecule has 0 saturated heterocycles. The van der Waals surface area contributed by atoms with Gasteiger partial charge in [-0.1, -0.05) is 35.3 Å². The molecule has 0 atom stereocenters. The fourth-order valence-electron chi connectivity index (χ4n) is 1.82. The lowest BCUT2D eigenvalue weighted by Gasteiger charge is -2.23. The normalized spacial score (nSPS) is 11.2. The Balaban J connectivity index is 2.56. The molecule has 0 amide bonds. The smallest absolute Gasteiger partial charge is 0.324 e. The van der Waals surface area contributed by atoms with Crippen molar-refractivity contribution in [1.82, 2.24) is 0 Å². The molecule has 8 heteroatoms. The number of anilines is 1. The van der Waals surface area contributed by atoms with Gasteiger partial charge in [0.05, 0.1) is 10.7 Å². The van der Waals surface area contributed by atoms with Gasteiger partial charge in [0.15, 0.2) is 0 Å². The third-order valence-electron chi connectivity index (χ3n) is 2.80. The average molecular weight is 360 g/mol. The van der Waals surface area contributed by atoms with Crippen LogP contribution in [0.1, 0.15) is 0 Å². The van der Waals surface area contributed by atoms with Crippen LogP contribution in [0.5, 0.6) is 0 Å². The second-order valence-electron chi connectivity index (χ2n) is 4.31. The summed E-state index contributed by atoms with van der Waals surface area (Å²) in [5.74, 6) is -1.29. The van der Waals surface area contributed by atoms with Gasteiger partial charge >= 0.3 is 5.97 Å². The molecule has 2 aromatic carbocycles. The Morgan fingerprint density at radius 2 is 1.64 bits per heavy atom. The number of carboxylic acid groups (broad SMARTS) is 1. The molecule has 0 aliphatic rings. The summed E-state index contributed by atoms with van der Waals surface area (Å²) in [6.45, 7) is -0.727. The molecule has 116 valence electrons. The number of sulfonamides is 1. The topological polar surface area (TPSA) is 74.7 Å². The van der Waals surface area contributed by atoms with Crippen molar-refractivity contribution in [2.45, 2.75) is 4.90 Å².